The highest BCUT2D eigenvalue weighted by Gasteiger charge is 2.18. The number of rotatable bonds is 7. The molecule has 0 radical (unpaired) electrons. The number of aromatic nitrogens is 2. The molecule has 1 aliphatic heterocycles. The van der Waals surface area contributed by atoms with Crippen LogP contribution in [0.1, 0.15) is 16.1 Å². The molecule has 162 valence electrons. The van der Waals surface area contributed by atoms with Gasteiger partial charge in [0, 0.05) is 35.6 Å². The maximum Gasteiger partial charge on any atom is 0.298 e. The second-order valence-corrected chi connectivity index (χ2v) is 8.38. The molecule has 4 N–H and O–H groups in total. The Bertz CT molecular complexity index is 1440. The summed E-state index contributed by atoms with van der Waals surface area (Å²) >= 11 is 0. The lowest BCUT2D eigenvalue weighted by Gasteiger charge is -2.04. The number of hydrogen-bond acceptors (Lipinski definition) is 7. The number of benzene rings is 2. The van der Waals surface area contributed by atoms with Gasteiger partial charge in [-0.15, -0.1) is 5.11 Å². The van der Waals surface area contributed by atoms with E-state index in [1.54, 1.807) is 24.7 Å². The van der Waals surface area contributed by atoms with E-state index in [0.29, 0.717) is 34.8 Å². The van der Waals surface area contributed by atoms with Crippen molar-refractivity contribution < 1.29 is 18.0 Å². The summed E-state index contributed by atoms with van der Waals surface area (Å²) in [5.41, 5.74) is 1.56. The predicted octanol–water partition coefficient (Wildman–Crippen LogP) is 0.0815. The van der Waals surface area contributed by atoms with Crippen LogP contribution >= 0.6 is 0 Å². The summed E-state index contributed by atoms with van der Waals surface area (Å²) < 4.78 is 22.7. The Labute approximate surface area is 181 Å². The number of H-pyrrole nitrogens is 1. The molecular formula is C20H17N7O4S. The van der Waals surface area contributed by atoms with Crippen LogP contribution in [-0.2, 0) is 21.2 Å². The first-order valence-corrected chi connectivity index (χ1v) is 10.9. The van der Waals surface area contributed by atoms with Crippen molar-refractivity contribution in [2.45, 2.75) is 11.3 Å². The highest BCUT2D eigenvalue weighted by molar-refractivity contribution is 7.89. The minimum atomic E-state index is -3.82. The summed E-state index contributed by atoms with van der Waals surface area (Å²) in [5.74, 6) is -0.886. The molecule has 1 aromatic heterocycles. The second-order valence-electron chi connectivity index (χ2n) is 6.82. The van der Waals surface area contributed by atoms with Gasteiger partial charge in [-0.3, -0.25) is 9.59 Å². The standard InChI is InChI=1S/C20H17N7O4S/c21-32(30,31)15-4-2-13(3-5-15)26-27-18-16-9-12(1-6-17(16)25-20(18)29)19(28)23-8-7-14-10-22-11-24-14/h1-6,9-11H,7-8H2,(H,22,24)(H,23,28)(H2,21,30,31). The van der Waals surface area contributed by atoms with Gasteiger partial charge in [0.2, 0.25) is 10.0 Å². The third-order valence-electron chi connectivity index (χ3n) is 4.60. The van der Waals surface area contributed by atoms with Gasteiger partial charge in [0.05, 0.1) is 22.3 Å². The van der Waals surface area contributed by atoms with Crippen molar-refractivity contribution in [3.63, 3.8) is 0 Å². The number of nitrogens with zero attached hydrogens (tertiary/aromatic N) is 4. The lowest BCUT2D eigenvalue weighted by atomic mass is 10.1. The predicted molar refractivity (Wildman–Crippen MR) is 113 cm³/mol. The number of carbonyl (C=O) groups is 2. The monoisotopic (exact) mass is 451 g/mol. The maximum absolute atomic E-state index is 12.5. The molecule has 32 heavy (non-hydrogen) atoms. The van der Waals surface area contributed by atoms with Crippen molar-refractivity contribution in [1.29, 1.82) is 0 Å². The Hall–Kier alpha value is -4.03. The van der Waals surface area contributed by atoms with Crippen molar-refractivity contribution >= 4 is 33.2 Å². The fraction of sp³-hybridized carbons (Fsp3) is 0.100. The first-order chi connectivity index (χ1) is 15.3. The zero-order chi connectivity index (χ0) is 22.7. The van der Waals surface area contributed by atoms with Gasteiger partial charge >= 0.3 is 0 Å². The van der Waals surface area contributed by atoms with Gasteiger partial charge in [-0.05, 0) is 42.5 Å². The molecular weight excluding hydrogens is 434 g/mol. The molecule has 3 aromatic rings. The number of carbonyl (C=O) groups excluding carboxylic acids is 2. The average Bonchev–Trinajstić information content (AvgIpc) is 3.38. The Morgan fingerprint density at radius 2 is 1.91 bits per heavy atom. The van der Waals surface area contributed by atoms with Crippen LogP contribution in [-0.4, -0.2) is 36.7 Å². The molecule has 0 aliphatic carbocycles. The first kappa shape index (κ1) is 21.2. The molecule has 11 nitrogen and oxygen atoms in total. The Morgan fingerprint density at radius 3 is 2.59 bits per heavy atom. The van der Waals surface area contributed by atoms with E-state index in [9.17, 15) is 18.0 Å². The zero-order valence-corrected chi connectivity index (χ0v) is 17.3. The van der Waals surface area contributed by atoms with Crippen molar-refractivity contribution in [3.8, 4) is 0 Å². The van der Waals surface area contributed by atoms with E-state index < -0.39 is 15.9 Å². The SMILES string of the molecule is NS(=O)(=O)c1ccc(N=NC2=c3cc(C(=O)NCCc4cnc[nH]4)ccc3=NC2=O)cc1. The van der Waals surface area contributed by atoms with Gasteiger partial charge in [-0.25, -0.2) is 23.5 Å². The normalized spacial score (nSPS) is 13.3. The molecule has 0 fully saturated rings. The summed E-state index contributed by atoms with van der Waals surface area (Å²) in [6.45, 7) is 0.409. The van der Waals surface area contributed by atoms with E-state index in [2.05, 4.69) is 30.5 Å². The van der Waals surface area contributed by atoms with Crippen molar-refractivity contribution in [2.75, 3.05) is 6.54 Å². The molecule has 0 saturated heterocycles. The lowest BCUT2D eigenvalue weighted by molar-refractivity contribution is -0.112. The smallest absolute Gasteiger partial charge is 0.298 e. The summed E-state index contributed by atoms with van der Waals surface area (Å²) in [6, 6.07) is 10.1. The van der Waals surface area contributed by atoms with Crippen LogP contribution in [0.3, 0.4) is 0 Å². The Kier molecular flexibility index (Phi) is 5.71. The van der Waals surface area contributed by atoms with E-state index in [0.717, 1.165) is 5.69 Å². The molecule has 0 atom stereocenters. The number of fused-ring (bicyclic) bond motifs is 1. The number of nitrogens with two attached hydrogens (primary N) is 1. The second kappa shape index (κ2) is 8.61. The minimum absolute atomic E-state index is 0.0115. The number of primary sulfonamides is 1. The highest BCUT2D eigenvalue weighted by Crippen LogP contribution is 2.17. The van der Waals surface area contributed by atoms with E-state index in [1.807, 2.05) is 0 Å². The molecule has 2 amide bonds. The van der Waals surface area contributed by atoms with Gasteiger partial charge < -0.3 is 10.3 Å². The number of nitrogens with one attached hydrogen (secondary N) is 2. The third-order valence-corrected chi connectivity index (χ3v) is 5.53. The van der Waals surface area contributed by atoms with E-state index >= 15 is 0 Å². The van der Waals surface area contributed by atoms with Gasteiger partial charge in [-0.1, -0.05) is 0 Å². The van der Waals surface area contributed by atoms with Gasteiger partial charge in [0.15, 0.2) is 5.70 Å². The Balaban J connectivity index is 1.55. The molecule has 2 aromatic carbocycles. The van der Waals surface area contributed by atoms with Crippen LogP contribution in [0.25, 0.3) is 5.70 Å². The number of azo groups is 1. The third kappa shape index (κ3) is 4.66. The molecule has 2 heterocycles. The number of aromatic amines is 1. The summed E-state index contributed by atoms with van der Waals surface area (Å²) in [4.78, 5) is 35.5. The fourth-order valence-corrected chi connectivity index (χ4v) is 3.50. The van der Waals surface area contributed by atoms with Crippen LogP contribution in [0.2, 0.25) is 0 Å². The van der Waals surface area contributed by atoms with E-state index in [1.165, 1.54) is 30.3 Å². The van der Waals surface area contributed by atoms with Crippen molar-refractivity contribution in [3.05, 3.63) is 76.8 Å². The average molecular weight is 451 g/mol. The minimum Gasteiger partial charge on any atom is -0.352 e. The summed E-state index contributed by atoms with van der Waals surface area (Å²) in [7, 11) is -3.82. The van der Waals surface area contributed by atoms with Crippen molar-refractivity contribution in [1.82, 2.24) is 15.3 Å². The summed E-state index contributed by atoms with van der Waals surface area (Å²) in [5, 5.41) is 16.6. The number of hydrogen-bond donors (Lipinski definition) is 3. The molecule has 0 spiro atoms. The maximum atomic E-state index is 12.5. The van der Waals surface area contributed by atoms with Crippen LogP contribution in [0, 0.1) is 0 Å². The van der Waals surface area contributed by atoms with Crippen LogP contribution in [0.4, 0.5) is 5.69 Å². The van der Waals surface area contributed by atoms with Gasteiger partial charge in [0.1, 0.15) is 0 Å². The topological polar surface area (TPSA) is 172 Å². The molecule has 4 rings (SSSR count). The number of amides is 2. The van der Waals surface area contributed by atoms with Gasteiger partial charge in [0.25, 0.3) is 11.8 Å². The molecule has 0 unspecified atom stereocenters. The number of imidazole rings is 1. The van der Waals surface area contributed by atoms with Crippen LogP contribution < -0.4 is 21.0 Å². The van der Waals surface area contributed by atoms with E-state index in [-0.39, 0.29) is 16.5 Å². The molecule has 0 bridgehead atoms. The quantitative estimate of drug-likeness (QED) is 0.431. The molecule has 0 saturated carbocycles. The first-order valence-electron chi connectivity index (χ1n) is 9.39. The van der Waals surface area contributed by atoms with E-state index in [4.69, 9.17) is 5.14 Å². The van der Waals surface area contributed by atoms with Crippen LogP contribution in [0.5, 0.6) is 0 Å². The Morgan fingerprint density at radius 1 is 1.12 bits per heavy atom. The van der Waals surface area contributed by atoms with Gasteiger partial charge in [-0.2, -0.15) is 5.11 Å². The summed E-state index contributed by atoms with van der Waals surface area (Å²) in [6.07, 6.45) is 3.85. The fourth-order valence-electron chi connectivity index (χ4n) is 2.98. The molecule has 12 heteroatoms. The lowest BCUT2D eigenvalue weighted by Crippen LogP contribution is -2.30. The van der Waals surface area contributed by atoms with Crippen LogP contribution in [0.15, 0.2) is 75.1 Å². The molecule has 1 aliphatic rings. The number of sulfonamides is 1. The largest absolute Gasteiger partial charge is 0.352 e. The zero-order valence-electron chi connectivity index (χ0n) is 16.5. The highest BCUT2D eigenvalue weighted by atomic mass is 32.2. The van der Waals surface area contributed by atoms with Crippen molar-refractivity contribution in [2.24, 2.45) is 20.4 Å².